The first-order valence-corrected chi connectivity index (χ1v) is 11.5. The van der Waals surface area contributed by atoms with Gasteiger partial charge in [-0.25, -0.2) is 0 Å². The quantitative estimate of drug-likeness (QED) is 0.696. The second kappa shape index (κ2) is 8.92. The average Bonchev–Trinajstić information content (AvgIpc) is 3.41. The van der Waals surface area contributed by atoms with Crippen molar-refractivity contribution in [3.8, 4) is 5.75 Å². The van der Waals surface area contributed by atoms with Crippen LogP contribution in [0.25, 0.3) is 0 Å². The number of likely N-dealkylation sites (tertiary alicyclic amines) is 1. The molecule has 4 rings (SSSR count). The van der Waals surface area contributed by atoms with Gasteiger partial charge in [0, 0.05) is 24.9 Å². The lowest BCUT2D eigenvalue weighted by Crippen LogP contribution is -2.59. The minimum absolute atomic E-state index is 0.0210. The molecule has 0 aromatic heterocycles. The summed E-state index contributed by atoms with van der Waals surface area (Å²) in [6.07, 6.45) is 6.68. The Labute approximate surface area is 181 Å². The molecule has 0 unspecified atom stereocenters. The molecule has 2 heterocycles. The molecule has 7 heteroatoms. The summed E-state index contributed by atoms with van der Waals surface area (Å²) in [4.78, 5) is 15.3. The fraction of sp³-hybridized carbons (Fsp3) is 0.682. The molecular formula is C22H31BrN2O4. The highest BCUT2D eigenvalue weighted by molar-refractivity contribution is 9.10. The van der Waals surface area contributed by atoms with Crippen molar-refractivity contribution in [1.29, 1.82) is 0 Å². The number of amides is 1. The Morgan fingerprint density at radius 2 is 1.86 bits per heavy atom. The third-order valence-electron chi connectivity index (χ3n) is 6.73. The van der Waals surface area contributed by atoms with Crippen molar-refractivity contribution in [3.05, 3.63) is 28.2 Å². The van der Waals surface area contributed by atoms with Crippen molar-refractivity contribution < 1.29 is 19.0 Å². The molecule has 1 spiro atoms. The minimum atomic E-state index is -0.372. The number of hydrogen-bond donors (Lipinski definition) is 1. The Kier molecular flexibility index (Phi) is 6.49. The summed E-state index contributed by atoms with van der Waals surface area (Å²) in [5, 5.41) is 3.24. The number of hydrogen-bond acceptors (Lipinski definition) is 5. The number of benzene rings is 1. The van der Waals surface area contributed by atoms with Crippen molar-refractivity contribution >= 4 is 21.8 Å². The summed E-state index contributed by atoms with van der Waals surface area (Å²) in [6.45, 7) is 4.33. The molecule has 1 aromatic rings. The second-order valence-corrected chi connectivity index (χ2v) is 9.30. The van der Waals surface area contributed by atoms with Crippen LogP contribution in [0.5, 0.6) is 5.75 Å². The van der Waals surface area contributed by atoms with Crippen LogP contribution < -0.4 is 10.1 Å². The van der Waals surface area contributed by atoms with Gasteiger partial charge < -0.3 is 19.5 Å². The lowest BCUT2D eigenvalue weighted by Gasteiger charge is -2.48. The number of nitrogens with one attached hydrogen (secondary N) is 1. The molecule has 29 heavy (non-hydrogen) atoms. The zero-order valence-corrected chi connectivity index (χ0v) is 18.8. The van der Waals surface area contributed by atoms with Crippen LogP contribution >= 0.6 is 15.9 Å². The maximum Gasteiger partial charge on any atom is 0.224 e. The Bertz CT molecular complexity index is 720. The Hall–Kier alpha value is -1.15. The summed E-state index contributed by atoms with van der Waals surface area (Å²) < 4.78 is 18.0. The van der Waals surface area contributed by atoms with Crippen molar-refractivity contribution in [3.63, 3.8) is 0 Å². The lowest BCUT2D eigenvalue weighted by molar-refractivity contribution is -0.193. The monoisotopic (exact) mass is 466 g/mol. The van der Waals surface area contributed by atoms with E-state index in [9.17, 15) is 4.79 Å². The Balaban J connectivity index is 1.38. The first kappa shape index (κ1) is 21.1. The lowest BCUT2D eigenvalue weighted by atomic mass is 9.77. The van der Waals surface area contributed by atoms with Crippen LogP contribution in [-0.2, 0) is 20.7 Å². The van der Waals surface area contributed by atoms with E-state index < -0.39 is 0 Å². The van der Waals surface area contributed by atoms with Crippen LogP contribution in [-0.4, -0.2) is 62.1 Å². The van der Waals surface area contributed by atoms with E-state index >= 15 is 0 Å². The van der Waals surface area contributed by atoms with Crippen molar-refractivity contribution in [2.24, 2.45) is 0 Å². The fourth-order valence-electron chi connectivity index (χ4n) is 5.01. The maximum absolute atomic E-state index is 12.7. The fourth-order valence-corrected chi connectivity index (χ4v) is 5.60. The van der Waals surface area contributed by atoms with Crippen molar-refractivity contribution in [2.45, 2.75) is 56.3 Å². The van der Waals surface area contributed by atoms with Gasteiger partial charge in [-0.05, 0) is 72.4 Å². The third-order valence-corrected chi connectivity index (χ3v) is 7.35. The molecule has 1 amide bonds. The Morgan fingerprint density at radius 3 is 2.48 bits per heavy atom. The summed E-state index contributed by atoms with van der Waals surface area (Å²) >= 11 is 3.49. The van der Waals surface area contributed by atoms with Gasteiger partial charge in [0.25, 0.3) is 0 Å². The molecule has 160 valence electrons. The number of halogens is 1. The van der Waals surface area contributed by atoms with E-state index in [1.54, 1.807) is 7.11 Å². The average molecular weight is 467 g/mol. The molecule has 0 bridgehead atoms. The van der Waals surface area contributed by atoms with Crippen LogP contribution in [0.1, 0.15) is 44.1 Å². The van der Waals surface area contributed by atoms with Gasteiger partial charge in [-0.15, -0.1) is 0 Å². The van der Waals surface area contributed by atoms with Crippen LogP contribution in [0.4, 0.5) is 0 Å². The summed E-state index contributed by atoms with van der Waals surface area (Å²) in [6, 6.07) is 5.78. The van der Waals surface area contributed by atoms with Gasteiger partial charge >= 0.3 is 0 Å². The molecular weight excluding hydrogens is 436 g/mol. The molecule has 0 radical (unpaired) electrons. The zero-order valence-electron chi connectivity index (χ0n) is 17.2. The molecule has 1 aromatic carbocycles. The number of ether oxygens (including phenoxy) is 3. The van der Waals surface area contributed by atoms with E-state index in [0.717, 1.165) is 54.6 Å². The van der Waals surface area contributed by atoms with Crippen LogP contribution in [0.2, 0.25) is 0 Å². The number of methoxy groups -OCH3 is 1. The van der Waals surface area contributed by atoms with E-state index in [-0.39, 0.29) is 17.2 Å². The standard InChI is InChI=1S/C22H31BrN2O4/c1-27-19-5-4-17(14-18(19)23)15-20(26)24-16-21(25-10-2-3-11-25)6-8-22(9-7-21)28-12-13-29-22/h4-5,14H,2-3,6-13,15-16H2,1H3,(H,24,26). The number of carbonyl (C=O) groups is 1. The molecule has 1 aliphatic carbocycles. The summed E-state index contributed by atoms with van der Waals surface area (Å²) in [7, 11) is 1.64. The van der Waals surface area contributed by atoms with Gasteiger partial charge in [0.05, 0.1) is 31.2 Å². The van der Waals surface area contributed by atoms with E-state index in [1.807, 2.05) is 18.2 Å². The van der Waals surface area contributed by atoms with Gasteiger partial charge in [0.1, 0.15) is 5.75 Å². The molecule has 1 N–H and O–H groups in total. The van der Waals surface area contributed by atoms with E-state index in [1.165, 1.54) is 12.8 Å². The van der Waals surface area contributed by atoms with Crippen molar-refractivity contribution in [2.75, 3.05) is 40.0 Å². The van der Waals surface area contributed by atoms with Gasteiger partial charge in [0.2, 0.25) is 5.91 Å². The SMILES string of the molecule is COc1ccc(CC(=O)NCC2(N3CCCC3)CCC3(CC2)OCCO3)cc1Br. The van der Waals surface area contributed by atoms with Crippen molar-refractivity contribution in [1.82, 2.24) is 10.2 Å². The molecule has 3 fully saturated rings. The Morgan fingerprint density at radius 1 is 1.17 bits per heavy atom. The second-order valence-electron chi connectivity index (χ2n) is 8.45. The van der Waals surface area contributed by atoms with Gasteiger partial charge in [-0.1, -0.05) is 6.07 Å². The number of rotatable bonds is 6. The van der Waals surface area contributed by atoms with E-state index in [2.05, 4.69) is 26.1 Å². The van der Waals surface area contributed by atoms with E-state index in [4.69, 9.17) is 14.2 Å². The van der Waals surface area contributed by atoms with Crippen LogP contribution in [0.3, 0.4) is 0 Å². The maximum atomic E-state index is 12.7. The summed E-state index contributed by atoms with van der Waals surface area (Å²) in [5.74, 6) is 0.465. The number of carbonyl (C=O) groups excluding carboxylic acids is 1. The highest BCUT2D eigenvalue weighted by atomic mass is 79.9. The molecule has 2 saturated heterocycles. The molecule has 6 nitrogen and oxygen atoms in total. The van der Waals surface area contributed by atoms with Gasteiger partial charge in [-0.3, -0.25) is 9.69 Å². The topological polar surface area (TPSA) is 60.0 Å². The first-order valence-electron chi connectivity index (χ1n) is 10.7. The summed E-state index contributed by atoms with van der Waals surface area (Å²) in [5.41, 5.74) is 0.994. The molecule has 2 aliphatic heterocycles. The highest BCUT2D eigenvalue weighted by Gasteiger charge is 2.49. The zero-order chi connectivity index (χ0) is 20.3. The van der Waals surface area contributed by atoms with Crippen LogP contribution in [0, 0.1) is 0 Å². The molecule has 1 saturated carbocycles. The first-order chi connectivity index (χ1) is 14.0. The van der Waals surface area contributed by atoms with Gasteiger partial charge in [0.15, 0.2) is 5.79 Å². The molecule has 3 aliphatic rings. The number of nitrogens with zero attached hydrogens (tertiary/aromatic N) is 1. The van der Waals surface area contributed by atoms with Crippen LogP contribution in [0.15, 0.2) is 22.7 Å². The predicted octanol–water partition coefficient (Wildman–Crippen LogP) is 3.27. The third kappa shape index (κ3) is 4.63. The highest BCUT2D eigenvalue weighted by Crippen LogP contribution is 2.43. The minimum Gasteiger partial charge on any atom is -0.496 e. The van der Waals surface area contributed by atoms with Gasteiger partial charge in [-0.2, -0.15) is 0 Å². The largest absolute Gasteiger partial charge is 0.496 e. The molecule has 0 atom stereocenters. The normalized spacial score (nSPS) is 23.4. The smallest absolute Gasteiger partial charge is 0.224 e. The predicted molar refractivity (Wildman–Crippen MR) is 114 cm³/mol. The van der Waals surface area contributed by atoms with E-state index in [0.29, 0.717) is 26.2 Å².